The number of benzene rings is 3. The second kappa shape index (κ2) is 10.2. The van der Waals surface area contributed by atoms with Gasteiger partial charge in [0.25, 0.3) is 5.91 Å². The molecule has 1 amide bonds. The summed E-state index contributed by atoms with van der Waals surface area (Å²) in [7, 11) is 0. The smallest absolute Gasteiger partial charge is 0.418 e. The summed E-state index contributed by atoms with van der Waals surface area (Å²) in [6.45, 7) is 0.368. The molecule has 0 aliphatic rings. The van der Waals surface area contributed by atoms with Crippen molar-refractivity contribution < 1.29 is 22.7 Å². The molecule has 0 fully saturated rings. The van der Waals surface area contributed by atoms with Crippen molar-refractivity contribution in [3.63, 3.8) is 0 Å². The second-order valence-electron chi connectivity index (χ2n) is 6.65. The van der Waals surface area contributed by atoms with Gasteiger partial charge in [-0.05, 0) is 53.6 Å². The number of rotatable bonds is 6. The fraction of sp³-hybridized carbons (Fsp3) is 0.0833. The summed E-state index contributed by atoms with van der Waals surface area (Å²) in [5.74, 6) is -0.341. The third-order valence-electron chi connectivity index (χ3n) is 4.36. The molecular formula is C24H16BrF3N2O2. The first-order chi connectivity index (χ1) is 15.3. The van der Waals surface area contributed by atoms with Crippen LogP contribution < -0.4 is 10.1 Å². The summed E-state index contributed by atoms with van der Waals surface area (Å²) in [4.78, 5) is 12.4. The number of carbonyl (C=O) groups is 1. The summed E-state index contributed by atoms with van der Waals surface area (Å²) < 4.78 is 46.0. The molecule has 0 heterocycles. The van der Waals surface area contributed by atoms with Crippen molar-refractivity contribution in [1.82, 2.24) is 0 Å². The molecule has 0 aromatic heterocycles. The number of para-hydroxylation sites is 1. The molecule has 0 bridgehead atoms. The van der Waals surface area contributed by atoms with Crippen LogP contribution in [0.1, 0.15) is 16.7 Å². The van der Waals surface area contributed by atoms with Crippen molar-refractivity contribution in [1.29, 1.82) is 5.26 Å². The summed E-state index contributed by atoms with van der Waals surface area (Å²) in [6.07, 6.45) is -3.34. The number of nitrogens with zero attached hydrogens (tertiary/aromatic N) is 1. The van der Waals surface area contributed by atoms with Crippen LogP contribution in [-0.4, -0.2) is 5.91 Å². The van der Waals surface area contributed by atoms with E-state index in [2.05, 4.69) is 21.2 Å². The van der Waals surface area contributed by atoms with Gasteiger partial charge in [0.05, 0.1) is 11.3 Å². The monoisotopic (exact) mass is 500 g/mol. The van der Waals surface area contributed by atoms with Gasteiger partial charge in [-0.3, -0.25) is 4.79 Å². The van der Waals surface area contributed by atoms with E-state index in [9.17, 15) is 23.2 Å². The number of ether oxygens (including phenoxy) is 1. The Morgan fingerprint density at radius 3 is 2.31 bits per heavy atom. The highest BCUT2D eigenvalue weighted by Crippen LogP contribution is 2.34. The van der Waals surface area contributed by atoms with Gasteiger partial charge in [-0.2, -0.15) is 18.4 Å². The van der Waals surface area contributed by atoms with Crippen molar-refractivity contribution >= 4 is 33.6 Å². The Balaban J connectivity index is 1.69. The lowest BCUT2D eigenvalue weighted by molar-refractivity contribution is -0.137. The Bertz CT molecular complexity index is 1170. The Labute approximate surface area is 191 Å². The fourth-order valence-electron chi connectivity index (χ4n) is 2.75. The third kappa shape index (κ3) is 6.22. The number of amides is 1. The van der Waals surface area contributed by atoms with Crippen molar-refractivity contribution in [2.45, 2.75) is 12.8 Å². The van der Waals surface area contributed by atoms with Crippen LogP contribution in [0, 0.1) is 11.3 Å². The SMILES string of the molecule is N#C/C(=C\c1ccc(OCc2ccc(Br)cc2)cc1)C(=O)Nc1ccccc1C(F)(F)F. The average molecular weight is 501 g/mol. The maximum Gasteiger partial charge on any atom is 0.418 e. The molecule has 3 rings (SSSR count). The molecule has 4 nitrogen and oxygen atoms in total. The predicted molar refractivity (Wildman–Crippen MR) is 119 cm³/mol. The topological polar surface area (TPSA) is 62.1 Å². The minimum absolute atomic E-state index is 0.328. The average Bonchev–Trinajstić information content (AvgIpc) is 2.77. The minimum Gasteiger partial charge on any atom is -0.489 e. The predicted octanol–water partition coefficient (Wildman–Crippen LogP) is 6.59. The highest BCUT2D eigenvalue weighted by molar-refractivity contribution is 9.10. The van der Waals surface area contributed by atoms with E-state index in [1.54, 1.807) is 30.3 Å². The molecular weight excluding hydrogens is 485 g/mol. The summed E-state index contributed by atoms with van der Waals surface area (Å²) >= 11 is 3.37. The van der Waals surface area contributed by atoms with Gasteiger partial charge in [0.2, 0.25) is 0 Å². The molecule has 1 N–H and O–H groups in total. The molecule has 0 aliphatic heterocycles. The van der Waals surface area contributed by atoms with Gasteiger partial charge in [-0.15, -0.1) is 0 Å². The highest BCUT2D eigenvalue weighted by Gasteiger charge is 2.33. The molecule has 0 aliphatic carbocycles. The van der Waals surface area contributed by atoms with Crippen LogP contribution in [0.2, 0.25) is 0 Å². The minimum atomic E-state index is -4.63. The van der Waals surface area contributed by atoms with Crippen molar-refractivity contribution in [2.24, 2.45) is 0 Å². The lowest BCUT2D eigenvalue weighted by Crippen LogP contribution is -2.17. The Kier molecular flexibility index (Phi) is 7.33. The lowest BCUT2D eigenvalue weighted by atomic mass is 10.1. The third-order valence-corrected chi connectivity index (χ3v) is 4.88. The maximum atomic E-state index is 13.1. The standard InChI is InChI=1S/C24H16BrF3N2O2/c25-19-9-5-17(6-10-19)15-32-20-11-7-16(8-12-20)13-18(14-29)23(31)30-22-4-2-1-3-21(22)24(26,27)28/h1-13H,15H2,(H,30,31)/b18-13+. The number of anilines is 1. The fourth-order valence-corrected chi connectivity index (χ4v) is 3.02. The van der Waals surface area contributed by atoms with E-state index in [1.165, 1.54) is 18.2 Å². The second-order valence-corrected chi connectivity index (χ2v) is 7.57. The first-order valence-corrected chi connectivity index (χ1v) is 10.1. The number of halogens is 4. The maximum absolute atomic E-state index is 13.1. The molecule has 0 saturated heterocycles. The van der Waals surface area contributed by atoms with Gasteiger partial charge in [-0.1, -0.05) is 52.3 Å². The van der Waals surface area contributed by atoms with Crippen LogP contribution in [0.15, 0.2) is 82.8 Å². The largest absolute Gasteiger partial charge is 0.489 e. The van der Waals surface area contributed by atoms with E-state index < -0.39 is 23.3 Å². The van der Waals surface area contributed by atoms with Gasteiger partial charge in [0, 0.05) is 4.47 Å². The van der Waals surface area contributed by atoms with Gasteiger partial charge in [0.1, 0.15) is 24.0 Å². The molecule has 3 aromatic carbocycles. The van der Waals surface area contributed by atoms with Gasteiger partial charge < -0.3 is 10.1 Å². The first-order valence-electron chi connectivity index (χ1n) is 9.33. The number of alkyl halides is 3. The molecule has 32 heavy (non-hydrogen) atoms. The molecule has 0 saturated carbocycles. The highest BCUT2D eigenvalue weighted by atomic mass is 79.9. The molecule has 0 spiro atoms. The van der Waals surface area contributed by atoms with Crippen LogP contribution >= 0.6 is 15.9 Å². The molecule has 0 atom stereocenters. The van der Waals surface area contributed by atoms with E-state index in [1.807, 2.05) is 24.3 Å². The molecule has 3 aromatic rings. The number of nitriles is 1. The number of carbonyl (C=O) groups excluding carboxylic acids is 1. The first kappa shape index (κ1) is 23.1. The summed E-state index contributed by atoms with van der Waals surface area (Å²) in [6, 6.07) is 20.6. The van der Waals surface area contributed by atoms with Crippen molar-refractivity contribution in [3.8, 4) is 11.8 Å². The normalized spacial score (nSPS) is 11.5. The van der Waals surface area contributed by atoms with E-state index in [0.717, 1.165) is 22.2 Å². The zero-order valence-corrected chi connectivity index (χ0v) is 18.1. The lowest BCUT2D eigenvalue weighted by Gasteiger charge is -2.13. The zero-order valence-electron chi connectivity index (χ0n) is 16.5. The number of nitrogens with one attached hydrogen (secondary N) is 1. The quantitative estimate of drug-likeness (QED) is 0.306. The Hall–Kier alpha value is -3.57. The molecule has 0 unspecified atom stereocenters. The van der Waals surface area contributed by atoms with Gasteiger partial charge in [0.15, 0.2) is 0 Å². The summed E-state index contributed by atoms with van der Waals surface area (Å²) in [5, 5.41) is 11.5. The van der Waals surface area contributed by atoms with Crippen LogP contribution in [-0.2, 0) is 17.6 Å². The molecule has 162 valence electrons. The number of hydrogen-bond acceptors (Lipinski definition) is 3. The summed E-state index contributed by atoms with van der Waals surface area (Å²) in [5.41, 5.74) is -0.220. The van der Waals surface area contributed by atoms with Crippen molar-refractivity contribution in [3.05, 3.63) is 99.5 Å². The van der Waals surface area contributed by atoms with E-state index in [4.69, 9.17) is 4.74 Å². The number of hydrogen-bond donors (Lipinski definition) is 1. The van der Waals surface area contributed by atoms with E-state index in [-0.39, 0.29) is 5.57 Å². The van der Waals surface area contributed by atoms with Crippen molar-refractivity contribution in [2.75, 3.05) is 5.32 Å². The Morgan fingerprint density at radius 1 is 1.03 bits per heavy atom. The van der Waals surface area contributed by atoms with Gasteiger partial charge in [-0.25, -0.2) is 0 Å². The molecule has 0 radical (unpaired) electrons. The van der Waals surface area contributed by atoms with Gasteiger partial charge >= 0.3 is 6.18 Å². The van der Waals surface area contributed by atoms with Crippen LogP contribution in [0.3, 0.4) is 0 Å². The zero-order chi connectivity index (χ0) is 23.1. The van der Waals surface area contributed by atoms with Crippen LogP contribution in [0.4, 0.5) is 18.9 Å². The Morgan fingerprint density at radius 2 is 1.69 bits per heavy atom. The molecule has 8 heteroatoms. The van der Waals surface area contributed by atoms with Crippen LogP contribution in [0.25, 0.3) is 6.08 Å². The van der Waals surface area contributed by atoms with E-state index >= 15 is 0 Å². The van der Waals surface area contributed by atoms with E-state index in [0.29, 0.717) is 17.9 Å². The van der Waals surface area contributed by atoms with Crippen LogP contribution in [0.5, 0.6) is 5.75 Å².